The van der Waals surface area contributed by atoms with Gasteiger partial charge < -0.3 is 4.90 Å². The van der Waals surface area contributed by atoms with E-state index in [1.165, 1.54) is 0 Å². The minimum atomic E-state index is 1.12. The Hall–Kier alpha value is -0.960. The van der Waals surface area contributed by atoms with Crippen LogP contribution >= 0.6 is 0 Å². The molecular formula is C9H19N3. The Kier molecular flexibility index (Phi) is 5.21. The van der Waals surface area contributed by atoms with Crippen molar-refractivity contribution in [2.24, 2.45) is 0 Å². The molecule has 0 aromatic heterocycles. The number of hydrazine groups is 1. The van der Waals surface area contributed by atoms with Crippen LogP contribution in [0.2, 0.25) is 0 Å². The van der Waals surface area contributed by atoms with Crippen molar-refractivity contribution < 1.29 is 0 Å². The van der Waals surface area contributed by atoms with Gasteiger partial charge in [-0.25, -0.2) is 5.43 Å². The predicted molar refractivity (Wildman–Crippen MR) is 53.2 cm³/mol. The fourth-order valence-electron chi connectivity index (χ4n) is 1.03. The summed E-state index contributed by atoms with van der Waals surface area (Å²) < 4.78 is 0. The van der Waals surface area contributed by atoms with Gasteiger partial charge in [-0.2, -0.15) is 0 Å². The molecule has 0 saturated heterocycles. The third-order valence-electron chi connectivity index (χ3n) is 1.50. The van der Waals surface area contributed by atoms with Crippen LogP contribution in [-0.4, -0.2) is 31.1 Å². The summed E-state index contributed by atoms with van der Waals surface area (Å²) in [5, 5.41) is 1.96. The highest BCUT2D eigenvalue weighted by Gasteiger charge is 2.03. The average Bonchev–Trinajstić information content (AvgIpc) is 2.03. The fourth-order valence-corrected chi connectivity index (χ4v) is 1.03. The Morgan fingerprint density at radius 2 is 1.83 bits per heavy atom. The number of nitrogens with one attached hydrogen (secondary N) is 1. The van der Waals surface area contributed by atoms with Crippen molar-refractivity contribution in [2.45, 2.75) is 13.8 Å². The maximum atomic E-state index is 3.07. The van der Waals surface area contributed by atoms with Crippen LogP contribution in [0.4, 0.5) is 0 Å². The molecule has 0 amide bonds. The van der Waals surface area contributed by atoms with Gasteiger partial charge in [-0.15, -0.1) is 0 Å². The lowest BCUT2D eigenvalue weighted by atomic mass is 10.5. The SMILES string of the molecule is C/C=C\N(NC)/C(=C\C)N(C)C. The zero-order chi connectivity index (χ0) is 9.56. The van der Waals surface area contributed by atoms with E-state index in [1.54, 1.807) is 0 Å². The summed E-state index contributed by atoms with van der Waals surface area (Å²) in [5.74, 6) is 1.12. The summed E-state index contributed by atoms with van der Waals surface area (Å²) in [5.41, 5.74) is 3.07. The highest BCUT2D eigenvalue weighted by molar-refractivity contribution is 5.00. The second-order valence-corrected chi connectivity index (χ2v) is 2.62. The first-order valence-corrected chi connectivity index (χ1v) is 4.10. The van der Waals surface area contributed by atoms with Crippen LogP contribution in [0.25, 0.3) is 0 Å². The van der Waals surface area contributed by atoms with Crippen molar-refractivity contribution in [3.63, 3.8) is 0 Å². The maximum Gasteiger partial charge on any atom is 0.118 e. The number of rotatable bonds is 4. The van der Waals surface area contributed by atoms with Gasteiger partial charge in [-0.3, -0.25) is 5.01 Å². The maximum absolute atomic E-state index is 3.07. The summed E-state index contributed by atoms with van der Waals surface area (Å²) in [7, 11) is 5.93. The van der Waals surface area contributed by atoms with Gasteiger partial charge in [0.25, 0.3) is 0 Å². The molecule has 0 aliphatic heterocycles. The van der Waals surface area contributed by atoms with Gasteiger partial charge in [0.15, 0.2) is 0 Å². The molecule has 0 bridgehead atoms. The van der Waals surface area contributed by atoms with E-state index in [1.807, 2.05) is 52.3 Å². The number of hydrogen-bond acceptors (Lipinski definition) is 3. The minimum absolute atomic E-state index is 1.12. The van der Waals surface area contributed by atoms with Gasteiger partial charge in [0.05, 0.1) is 0 Å². The first-order chi connectivity index (χ1) is 5.67. The highest BCUT2D eigenvalue weighted by Crippen LogP contribution is 2.03. The first kappa shape index (κ1) is 11.0. The number of hydrogen-bond donors (Lipinski definition) is 1. The molecule has 0 fully saturated rings. The summed E-state index contributed by atoms with van der Waals surface area (Å²) in [4.78, 5) is 2.05. The largest absolute Gasteiger partial charge is 0.363 e. The first-order valence-electron chi connectivity index (χ1n) is 4.10. The minimum Gasteiger partial charge on any atom is -0.363 e. The number of allylic oxidation sites excluding steroid dienone is 2. The zero-order valence-electron chi connectivity index (χ0n) is 8.63. The standard InChI is InChI=1S/C9H19N3/c1-6-8-12(10-3)9(7-2)11(4)5/h6-8,10H,1-5H3/b8-6-,9-7-. The number of nitrogens with zero attached hydrogens (tertiary/aromatic N) is 2. The van der Waals surface area contributed by atoms with Crippen molar-refractivity contribution in [3.05, 3.63) is 24.2 Å². The van der Waals surface area contributed by atoms with E-state index < -0.39 is 0 Å². The summed E-state index contributed by atoms with van der Waals surface area (Å²) in [6.45, 7) is 4.01. The third-order valence-corrected chi connectivity index (χ3v) is 1.50. The molecule has 0 radical (unpaired) electrons. The second-order valence-electron chi connectivity index (χ2n) is 2.62. The quantitative estimate of drug-likeness (QED) is 0.641. The van der Waals surface area contributed by atoms with Crippen molar-refractivity contribution >= 4 is 0 Å². The van der Waals surface area contributed by atoms with Gasteiger partial charge >= 0.3 is 0 Å². The van der Waals surface area contributed by atoms with Crippen LogP contribution in [0.15, 0.2) is 24.2 Å². The van der Waals surface area contributed by atoms with Gasteiger partial charge in [-0.05, 0) is 19.9 Å². The van der Waals surface area contributed by atoms with Gasteiger partial charge in [0.1, 0.15) is 5.82 Å². The van der Waals surface area contributed by atoms with Crippen LogP contribution in [0, 0.1) is 0 Å². The van der Waals surface area contributed by atoms with Crippen molar-refractivity contribution in [2.75, 3.05) is 21.1 Å². The molecule has 0 saturated carbocycles. The van der Waals surface area contributed by atoms with Crippen LogP contribution < -0.4 is 5.43 Å². The van der Waals surface area contributed by atoms with E-state index in [4.69, 9.17) is 0 Å². The Morgan fingerprint density at radius 3 is 2.08 bits per heavy atom. The molecule has 3 nitrogen and oxygen atoms in total. The summed E-state index contributed by atoms with van der Waals surface area (Å²) in [6.07, 6.45) is 6.02. The Bertz CT molecular complexity index is 171. The van der Waals surface area contributed by atoms with Gasteiger partial charge in [0, 0.05) is 27.3 Å². The van der Waals surface area contributed by atoms with E-state index in [0.717, 1.165) is 5.82 Å². The normalized spacial score (nSPS) is 12.2. The highest BCUT2D eigenvalue weighted by atomic mass is 15.5. The summed E-state index contributed by atoms with van der Waals surface area (Å²) in [6, 6.07) is 0. The summed E-state index contributed by atoms with van der Waals surface area (Å²) >= 11 is 0. The van der Waals surface area contributed by atoms with E-state index in [9.17, 15) is 0 Å². The van der Waals surface area contributed by atoms with Crippen LogP contribution in [0.5, 0.6) is 0 Å². The van der Waals surface area contributed by atoms with Crippen LogP contribution in [0.3, 0.4) is 0 Å². The van der Waals surface area contributed by atoms with E-state index in [0.29, 0.717) is 0 Å². The fraction of sp³-hybridized carbons (Fsp3) is 0.556. The molecule has 70 valence electrons. The lowest BCUT2D eigenvalue weighted by Crippen LogP contribution is -2.35. The van der Waals surface area contributed by atoms with Crippen LogP contribution in [-0.2, 0) is 0 Å². The van der Waals surface area contributed by atoms with Gasteiger partial charge in [-0.1, -0.05) is 6.08 Å². The molecule has 0 aromatic rings. The second kappa shape index (κ2) is 5.66. The van der Waals surface area contributed by atoms with Crippen molar-refractivity contribution in [3.8, 4) is 0 Å². The van der Waals surface area contributed by atoms with Crippen molar-refractivity contribution in [1.82, 2.24) is 15.3 Å². The Balaban J connectivity index is 4.46. The molecule has 0 aliphatic rings. The molecule has 0 heterocycles. The lowest BCUT2D eigenvalue weighted by molar-refractivity contribution is 0.273. The Morgan fingerprint density at radius 1 is 1.25 bits per heavy atom. The average molecular weight is 169 g/mol. The van der Waals surface area contributed by atoms with Gasteiger partial charge in [0.2, 0.25) is 0 Å². The predicted octanol–water partition coefficient (Wildman–Crippen LogP) is 1.38. The van der Waals surface area contributed by atoms with E-state index in [2.05, 4.69) is 16.4 Å². The Labute approximate surface area is 75.3 Å². The topological polar surface area (TPSA) is 18.5 Å². The van der Waals surface area contributed by atoms with Crippen molar-refractivity contribution in [1.29, 1.82) is 0 Å². The molecule has 0 spiro atoms. The molecule has 0 aliphatic carbocycles. The molecule has 0 unspecified atom stereocenters. The smallest absolute Gasteiger partial charge is 0.118 e. The molecule has 0 aromatic carbocycles. The third kappa shape index (κ3) is 2.96. The zero-order valence-corrected chi connectivity index (χ0v) is 8.63. The molecule has 0 rings (SSSR count). The molecule has 0 atom stereocenters. The molecule has 1 N–H and O–H groups in total. The monoisotopic (exact) mass is 169 g/mol. The van der Waals surface area contributed by atoms with E-state index >= 15 is 0 Å². The van der Waals surface area contributed by atoms with Crippen LogP contribution in [0.1, 0.15) is 13.8 Å². The van der Waals surface area contributed by atoms with E-state index in [-0.39, 0.29) is 0 Å². The lowest BCUT2D eigenvalue weighted by Gasteiger charge is -2.27. The molecule has 3 heteroatoms. The molecule has 12 heavy (non-hydrogen) atoms. The molecular weight excluding hydrogens is 150 g/mol.